The number of likely N-dealkylation sites (tertiary alicyclic amines) is 1. The third kappa shape index (κ3) is 2.96. The standard InChI is InChI=1S/C20H20F2N4O/c1-25-17-3-2-6-23-20(17)24-19(25)10-26-8-13-14(9-26)15(13)11-27-18-7-12(21)4-5-16(18)22/h2-7,13-15H,8-11H2,1H3/t13-,14+,15?. The Balaban J connectivity index is 1.17. The zero-order chi connectivity index (χ0) is 18.5. The lowest BCUT2D eigenvalue weighted by Crippen LogP contribution is -2.26. The number of nitrogens with zero attached hydrogens (tertiary/aromatic N) is 4. The maximum absolute atomic E-state index is 13.6. The molecular weight excluding hydrogens is 350 g/mol. The minimum absolute atomic E-state index is 0.00373. The van der Waals surface area contributed by atoms with Crippen molar-refractivity contribution in [1.82, 2.24) is 19.4 Å². The number of halogens is 2. The summed E-state index contributed by atoms with van der Waals surface area (Å²) in [7, 11) is 2.02. The van der Waals surface area contributed by atoms with E-state index < -0.39 is 11.6 Å². The SMILES string of the molecule is Cn1c(CN2C[C@@H]3C(COc4cc(F)ccc4F)[C@@H]3C2)nc2ncccc21. The highest BCUT2D eigenvalue weighted by molar-refractivity contribution is 5.71. The second-order valence-corrected chi connectivity index (χ2v) is 7.50. The van der Waals surface area contributed by atoms with Crippen LogP contribution in [0.1, 0.15) is 5.82 Å². The molecule has 5 rings (SSSR count). The molecule has 1 unspecified atom stereocenters. The molecule has 0 spiro atoms. The molecule has 140 valence electrons. The molecule has 3 atom stereocenters. The van der Waals surface area contributed by atoms with Gasteiger partial charge >= 0.3 is 0 Å². The summed E-state index contributed by atoms with van der Waals surface area (Å²) in [5.41, 5.74) is 1.82. The van der Waals surface area contributed by atoms with Crippen molar-refractivity contribution >= 4 is 11.2 Å². The van der Waals surface area contributed by atoms with Crippen molar-refractivity contribution in [3.63, 3.8) is 0 Å². The molecular formula is C20H20F2N4O. The highest BCUT2D eigenvalue weighted by Gasteiger charge is 2.55. The summed E-state index contributed by atoms with van der Waals surface area (Å²) in [6.07, 6.45) is 1.76. The maximum atomic E-state index is 13.6. The average molecular weight is 370 g/mol. The first-order valence-corrected chi connectivity index (χ1v) is 9.16. The molecule has 1 saturated heterocycles. The molecule has 1 saturated carbocycles. The second-order valence-electron chi connectivity index (χ2n) is 7.50. The van der Waals surface area contributed by atoms with E-state index in [0.29, 0.717) is 24.4 Å². The number of pyridine rings is 1. The number of hydrogen-bond acceptors (Lipinski definition) is 4. The van der Waals surface area contributed by atoms with Crippen LogP contribution in [0.2, 0.25) is 0 Å². The summed E-state index contributed by atoms with van der Waals surface area (Å²) in [5, 5.41) is 0. The van der Waals surface area contributed by atoms with Gasteiger partial charge in [0.2, 0.25) is 0 Å². The van der Waals surface area contributed by atoms with Crippen molar-refractivity contribution in [3.8, 4) is 5.75 Å². The number of piperidine rings is 1. The van der Waals surface area contributed by atoms with Gasteiger partial charge < -0.3 is 9.30 Å². The number of rotatable bonds is 5. The van der Waals surface area contributed by atoms with Crippen molar-refractivity contribution in [1.29, 1.82) is 0 Å². The average Bonchev–Trinajstić information content (AvgIpc) is 2.98. The quantitative estimate of drug-likeness (QED) is 0.693. The molecule has 3 aromatic rings. The summed E-state index contributed by atoms with van der Waals surface area (Å²) < 4.78 is 34.5. The monoisotopic (exact) mass is 370 g/mol. The van der Waals surface area contributed by atoms with Crippen LogP contribution in [0.3, 0.4) is 0 Å². The molecule has 1 aliphatic carbocycles. The van der Waals surface area contributed by atoms with Crippen LogP contribution >= 0.6 is 0 Å². The first-order chi connectivity index (χ1) is 13.1. The third-order valence-corrected chi connectivity index (χ3v) is 5.89. The fraction of sp³-hybridized carbons (Fsp3) is 0.400. The first kappa shape index (κ1) is 16.6. The van der Waals surface area contributed by atoms with E-state index in [-0.39, 0.29) is 5.75 Å². The van der Waals surface area contributed by atoms with E-state index in [9.17, 15) is 8.78 Å². The van der Waals surface area contributed by atoms with Crippen molar-refractivity contribution < 1.29 is 13.5 Å². The lowest BCUT2D eigenvalue weighted by molar-refractivity contribution is 0.221. The lowest BCUT2D eigenvalue weighted by atomic mass is 10.2. The van der Waals surface area contributed by atoms with Gasteiger partial charge in [-0.1, -0.05) is 0 Å². The topological polar surface area (TPSA) is 43.2 Å². The van der Waals surface area contributed by atoms with E-state index in [1.165, 1.54) is 0 Å². The van der Waals surface area contributed by atoms with Gasteiger partial charge in [0.1, 0.15) is 11.6 Å². The van der Waals surface area contributed by atoms with E-state index in [2.05, 4.69) is 19.4 Å². The second kappa shape index (κ2) is 6.27. The van der Waals surface area contributed by atoms with Gasteiger partial charge in [0.15, 0.2) is 17.2 Å². The number of imidazole rings is 1. The predicted molar refractivity (Wildman–Crippen MR) is 96.1 cm³/mol. The summed E-state index contributed by atoms with van der Waals surface area (Å²) in [6, 6.07) is 7.26. The number of ether oxygens (including phenoxy) is 1. The molecule has 3 heterocycles. The summed E-state index contributed by atoms with van der Waals surface area (Å²) in [5.74, 6) is 1.57. The molecule has 0 radical (unpaired) electrons. The fourth-order valence-corrected chi connectivity index (χ4v) is 4.30. The third-order valence-electron chi connectivity index (χ3n) is 5.89. The smallest absolute Gasteiger partial charge is 0.177 e. The Bertz CT molecular complexity index is 993. The molecule has 27 heavy (non-hydrogen) atoms. The number of aromatic nitrogens is 3. The van der Waals surface area contributed by atoms with Crippen molar-refractivity contribution in [2.24, 2.45) is 24.8 Å². The van der Waals surface area contributed by atoms with Crippen LogP contribution in [0.15, 0.2) is 36.5 Å². The minimum Gasteiger partial charge on any atom is -0.490 e. The summed E-state index contributed by atoms with van der Waals surface area (Å²) in [6.45, 7) is 3.22. The Kier molecular flexibility index (Phi) is 3.86. The molecule has 2 aromatic heterocycles. The van der Waals surface area contributed by atoms with Crippen LogP contribution in [0.5, 0.6) is 5.75 Å². The van der Waals surface area contributed by atoms with E-state index in [1.54, 1.807) is 6.20 Å². The van der Waals surface area contributed by atoms with E-state index in [4.69, 9.17) is 4.74 Å². The first-order valence-electron chi connectivity index (χ1n) is 9.16. The molecule has 2 aliphatic rings. The Morgan fingerprint density at radius 3 is 2.78 bits per heavy atom. The summed E-state index contributed by atoms with van der Waals surface area (Å²) in [4.78, 5) is 11.4. The van der Waals surface area contributed by atoms with E-state index in [0.717, 1.165) is 54.8 Å². The zero-order valence-corrected chi connectivity index (χ0v) is 15.0. The molecule has 1 aliphatic heterocycles. The Hall–Kier alpha value is -2.54. The van der Waals surface area contributed by atoms with E-state index >= 15 is 0 Å². The molecule has 0 N–H and O–H groups in total. The van der Waals surface area contributed by atoms with Crippen LogP contribution in [0, 0.1) is 29.4 Å². The number of aryl methyl sites for hydroxylation is 1. The van der Waals surface area contributed by atoms with Gasteiger partial charge in [0, 0.05) is 38.3 Å². The van der Waals surface area contributed by atoms with Crippen molar-refractivity contribution in [2.75, 3.05) is 19.7 Å². The number of hydrogen-bond donors (Lipinski definition) is 0. The normalized spacial score (nSPS) is 24.3. The summed E-state index contributed by atoms with van der Waals surface area (Å²) >= 11 is 0. The molecule has 0 bridgehead atoms. The molecule has 5 nitrogen and oxygen atoms in total. The Morgan fingerprint density at radius 1 is 1.19 bits per heavy atom. The molecule has 7 heteroatoms. The Morgan fingerprint density at radius 2 is 2.00 bits per heavy atom. The maximum Gasteiger partial charge on any atom is 0.177 e. The van der Waals surface area contributed by atoms with Crippen LogP contribution in [-0.2, 0) is 13.6 Å². The molecule has 0 amide bonds. The van der Waals surface area contributed by atoms with Crippen LogP contribution in [-0.4, -0.2) is 39.1 Å². The van der Waals surface area contributed by atoms with Gasteiger partial charge in [-0.2, -0.15) is 0 Å². The largest absolute Gasteiger partial charge is 0.490 e. The Labute approximate surface area is 155 Å². The van der Waals surface area contributed by atoms with E-state index in [1.807, 2.05) is 19.2 Å². The highest BCUT2D eigenvalue weighted by atomic mass is 19.1. The zero-order valence-electron chi connectivity index (χ0n) is 15.0. The van der Waals surface area contributed by atoms with Gasteiger partial charge in [-0.3, -0.25) is 4.90 Å². The van der Waals surface area contributed by atoms with Gasteiger partial charge in [-0.05, 0) is 36.1 Å². The predicted octanol–water partition coefficient (Wildman–Crippen LogP) is 3.00. The van der Waals surface area contributed by atoms with Gasteiger partial charge in [0.05, 0.1) is 18.7 Å². The van der Waals surface area contributed by atoms with Crippen LogP contribution in [0.4, 0.5) is 8.78 Å². The minimum atomic E-state index is -0.515. The van der Waals surface area contributed by atoms with Gasteiger partial charge in [-0.15, -0.1) is 0 Å². The van der Waals surface area contributed by atoms with Gasteiger partial charge in [0.25, 0.3) is 0 Å². The van der Waals surface area contributed by atoms with Crippen molar-refractivity contribution in [3.05, 3.63) is 54.0 Å². The number of benzene rings is 1. The highest BCUT2D eigenvalue weighted by Crippen LogP contribution is 2.52. The van der Waals surface area contributed by atoms with Crippen molar-refractivity contribution in [2.45, 2.75) is 6.54 Å². The number of fused-ring (bicyclic) bond motifs is 2. The van der Waals surface area contributed by atoms with Crippen LogP contribution < -0.4 is 4.74 Å². The van der Waals surface area contributed by atoms with Gasteiger partial charge in [-0.25, -0.2) is 18.7 Å². The molecule has 1 aromatic carbocycles. The molecule has 2 fully saturated rings. The fourth-order valence-electron chi connectivity index (χ4n) is 4.30. The lowest BCUT2D eigenvalue weighted by Gasteiger charge is -2.19. The van der Waals surface area contributed by atoms with Crippen LogP contribution in [0.25, 0.3) is 11.2 Å².